The largest absolute Gasteiger partial charge is 0.424 e. The van der Waals surface area contributed by atoms with Gasteiger partial charge in [-0.15, -0.1) is 22.0 Å². The Hall–Kier alpha value is -1.33. The number of hydrogen-bond acceptors (Lipinski definition) is 5. The van der Waals surface area contributed by atoms with E-state index in [1.807, 2.05) is 11.8 Å². The zero-order valence-corrected chi connectivity index (χ0v) is 11.2. The van der Waals surface area contributed by atoms with Crippen LogP contribution in [0.25, 0.3) is 0 Å². The molecule has 0 N–H and O–H groups in total. The molecule has 3 heterocycles. The summed E-state index contributed by atoms with van der Waals surface area (Å²) >= 11 is 1.86. The van der Waals surface area contributed by atoms with Gasteiger partial charge in [-0.25, -0.2) is 0 Å². The molecule has 1 fully saturated rings. The first kappa shape index (κ1) is 11.5. The zero-order valence-electron chi connectivity index (χ0n) is 10.4. The van der Waals surface area contributed by atoms with Crippen LogP contribution in [0.1, 0.15) is 35.6 Å². The van der Waals surface area contributed by atoms with E-state index in [1.165, 1.54) is 10.5 Å². The highest BCUT2D eigenvalue weighted by molar-refractivity contribution is 7.99. The van der Waals surface area contributed by atoms with Crippen molar-refractivity contribution >= 4 is 11.8 Å². The van der Waals surface area contributed by atoms with Gasteiger partial charge in [0.1, 0.15) is 0 Å². The summed E-state index contributed by atoms with van der Waals surface area (Å²) < 4.78 is 11.3. The molecule has 5 heteroatoms. The molecule has 19 heavy (non-hydrogen) atoms. The second kappa shape index (κ2) is 4.65. The first-order chi connectivity index (χ1) is 9.42. The first-order valence-electron chi connectivity index (χ1n) is 6.54. The summed E-state index contributed by atoms with van der Waals surface area (Å²) in [6.45, 7) is 1.50. The fraction of sp³-hybridized carbons (Fsp3) is 0.429. The van der Waals surface area contributed by atoms with Gasteiger partial charge in [0.15, 0.2) is 0 Å². The van der Waals surface area contributed by atoms with Crippen LogP contribution in [0.15, 0.2) is 33.6 Å². The average Bonchev–Trinajstić information content (AvgIpc) is 3.18. The summed E-state index contributed by atoms with van der Waals surface area (Å²) in [5, 5.41) is 8.47. The van der Waals surface area contributed by atoms with E-state index < -0.39 is 0 Å². The van der Waals surface area contributed by atoms with Crippen LogP contribution in [0, 0.1) is 0 Å². The first-order valence-corrected chi connectivity index (χ1v) is 7.53. The molecule has 1 saturated heterocycles. The number of ether oxygens (including phenoxy) is 1. The Kier molecular flexibility index (Phi) is 2.81. The van der Waals surface area contributed by atoms with Gasteiger partial charge in [-0.05, 0) is 18.1 Å². The summed E-state index contributed by atoms with van der Waals surface area (Å²) in [5.74, 6) is 3.00. The Labute approximate surface area is 115 Å². The minimum absolute atomic E-state index is 0.241. The molecule has 1 aromatic heterocycles. The number of aromatic nitrogens is 2. The Morgan fingerprint density at radius 3 is 2.95 bits per heavy atom. The Morgan fingerprint density at radius 1 is 1.16 bits per heavy atom. The van der Waals surface area contributed by atoms with E-state index in [-0.39, 0.29) is 11.8 Å². The lowest BCUT2D eigenvalue weighted by Crippen LogP contribution is -1.99. The smallest absolute Gasteiger partial charge is 0.224 e. The van der Waals surface area contributed by atoms with Crippen molar-refractivity contribution in [1.29, 1.82) is 0 Å². The topological polar surface area (TPSA) is 48.2 Å². The Bertz CT molecular complexity index is 593. The number of benzene rings is 1. The van der Waals surface area contributed by atoms with Gasteiger partial charge in [0.25, 0.3) is 0 Å². The molecule has 98 valence electrons. The Morgan fingerprint density at radius 2 is 2.05 bits per heavy atom. The molecule has 0 amide bonds. The number of fused-ring (bicyclic) bond motifs is 1. The predicted octanol–water partition coefficient (Wildman–Crippen LogP) is 2.81. The van der Waals surface area contributed by atoms with Crippen molar-refractivity contribution < 1.29 is 9.15 Å². The molecule has 0 aliphatic carbocycles. The van der Waals surface area contributed by atoms with Gasteiger partial charge in [0, 0.05) is 17.3 Å². The molecule has 0 bridgehead atoms. The monoisotopic (exact) mass is 274 g/mol. The van der Waals surface area contributed by atoms with Crippen molar-refractivity contribution in [1.82, 2.24) is 10.2 Å². The van der Waals surface area contributed by atoms with E-state index in [0.717, 1.165) is 30.6 Å². The van der Waals surface area contributed by atoms with Gasteiger partial charge in [-0.3, -0.25) is 0 Å². The van der Waals surface area contributed by atoms with Crippen molar-refractivity contribution in [3.8, 4) is 0 Å². The lowest BCUT2D eigenvalue weighted by atomic mass is 10.0. The average molecular weight is 274 g/mol. The zero-order chi connectivity index (χ0) is 12.7. The molecular formula is C14H14N2O2S. The molecule has 4 rings (SSSR count). The highest BCUT2D eigenvalue weighted by Crippen LogP contribution is 2.42. The van der Waals surface area contributed by atoms with Crippen molar-refractivity contribution in [3.63, 3.8) is 0 Å². The van der Waals surface area contributed by atoms with Gasteiger partial charge < -0.3 is 9.15 Å². The number of thioether (sulfide) groups is 1. The van der Waals surface area contributed by atoms with Crippen molar-refractivity contribution in [2.45, 2.75) is 23.2 Å². The molecule has 2 atom stereocenters. The summed E-state index contributed by atoms with van der Waals surface area (Å²) in [6.07, 6.45) is 0.984. The highest BCUT2D eigenvalue weighted by atomic mass is 32.2. The van der Waals surface area contributed by atoms with Crippen LogP contribution in [0.4, 0.5) is 0 Å². The number of hydrogen-bond donors (Lipinski definition) is 0. The molecule has 1 aromatic carbocycles. The molecule has 2 aliphatic heterocycles. The fourth-order valence-electron chi connectivity index (χ4n) is 2.65. The van der Waals surface area contributed by atoms with Gasteiger partial charge in [-0.2, -0.15) is 0 Å². The molecule has 4 nitrogen and oxygen atoms in total. The summed E-state index contributed by atoms with van der Waals surface area (Å²) in [5.41, 5.74) is 1.31. The van der Waals surface area contributed by atoms with Gasteiger partial charge in [0.05, 0.1) is 18.4 Å². The van der Waals surface area contributed by atoms with Crippen LogP contribution in [0.2, 0.25) is 0 Å². The van der Waals surface area contributed by atoms with E-state index >= 15 is 0 Å². The van der Waals surface area contributed by atoms with E-state index in [9.17, 15) is 0 Å². The van der Waals surface area contributed by atoms with Gasteiger partial charge in [0.2, 0.25) is 11.8 Å². The van der Waals surface area contributed by atoms with Crippen LogP contribution < -0.4 is 0 Å². The molecule has 0 spiro atoms. The summed E-state index contributed by atoms with van der Waals surface area (Å²) in [4.78, 5) is 1.33. The fourth-order valence-corrected chi connectivity index (χ4v) is 3.87. The third-order valence-corrected chi connectivity index (χ3v) is 4.92. The van der Waals surface area contributed by atoms with Gasteiger partial charge in [-0.1, -0.05) is 18.2 Å². The maximum Gasteiger partial charge on any atom is 0.224 e. The maximum absolute atomic E-state index is 5.89. The van der Waals surface area contributed by atoms with E-state index in [4.69, 9.17) is 9.15 Å². The molecule has 0 radical (unpaired) electrons. The minimum atomic E-state index is 0.241. The standard InChI is InChI=1S/C14H14N2O2S/c1-2-4-12-10(3-1)11(8-19-12)14-16-15-13(18-14)9-5-6-17-7-9/h1-4,9,11H,5-8H2. The van der Waals surface area contributed by atoms with E-state index in [2.05, 4.69) is 34.5 Å². The van der Waals surface area contributed by atoms with Crippen LogP contribution >= 0.6 is 11.8 Å². The summed E-state index contributed by atoms with van der Waals surface area (Å²) in [6, 6.07) is 8.45. The lowest BCUT2D eigenvalue weighted by molar-refractivity contribution is 0.190. The molecular weight excluding hydrogens is 260 g/mol. The highest BCUT2D eigenvalue weighted by Gasteiger charge is 2.30. The summed E-state index contributed by atoms with van der Waals surface area (Å²) in [7, 11) is 0. The quantitative estimate of drug-likeness (QED) is 0.842. The van der Waals surface area contributed by atoms with Crippen LogP contribution in [0.3, 0.4) is 0 Å². The Balaban J connectivity index is 1.63. The second-order valence-corrected chi connectivity index (χ2v) is 6.00. The molecule has 2 unspecified atom stereocenters. The minimum Gasteiger partial charge on any atom is -0.424 e. The lowest BCUT2D eigenvalue weighted by Gasteiger charge is -2.05. The van der Waals surface area contributed by atoms with E-state index in [1.54, 1.807) is 0 Å². The third-order valence-electron chi connectivity index (χ3n) is 3.73. The SMILES string of the molecule is c1ccc2c(c1)SCC2c1nnc(C2CCOC2)o1. The second-order valence-electron chi connectivity index (χ2n) is 4.94. The molecule has 2 aliphatic rings. The van der Waals surface area contributed by atoms with Crippen molar-refractivity contribution in [2.24, 2.45) is 0 Å². The van der Waals surface area contributed by atoms with Gasteiger partial charge >= 0.3 is 0 Å². The van der Waals surface area contributed by atoms with Crippen molar-refractivity contribution in [2.75, 3.05) is 19.0 Å². The predicted molar refractivity (Wildman–Crippen MR) is 71.5 cm³/mol. The normalized spacial score (nSPS) is 25.7. The third kappa shape index (κ3) is 1.97. The van der Waals surface area contributed by atoms with Crippen LogP contribution in [-0.4, -0.2) is 29.2 Å². The van der Waals surface area contributed by atoms with Crippen LogP contribution in [-0.2, 0) is 4.74 Å². The molecule has 2 aromatic rings. The number of nitrogens with zero attached hydrogens (tertiary/aromatic N) is 2. The van der Waals surface area contributed by atoms with Crippen LogP contribution in [0.5, 0.6) is 0 Å². The maximum atomic E-state index is 5.89. The number of rotatable bonds is 2. The molecule has 0 saturated carbocycles. The van der Waals surface area contributed by atoms with E-state index in [0.29, 0.717) is 6.61 Å². The van der Waals surface area contributed by atoms with Crippen molar-refractivity contribution in [3.05, 3.63) is 41.6 Å².